The van der Waals surface area contributed by atoms with E-state index >= 15 is 0 Å². The van der Waals surface area contributed by atoms with Crippen molar-refractivity contribution in [2.45, 2.75) is 25.9 Å². The summed E-state index contributed by atoms with van der Waals surface area (Å²) in [5.41, 5.74) is 3.57. The van der Waals surface area contributed by atoms with Gasteiger partial charge in [-0.15, -0.1) is 0 Å². The third-order valence-electron chi connectivity index (χ3n) is 6.02. The molecule has 4 rings (SSSR count). The highest BCUT2D eigenvalue weighted by atomic mass is 19.1. The number of halogens is 1. The maximum Gasteiger partial charge on any atom is 0.257 e. The number of oxime groups is 1. The van der Waals surface area contributed by atoms with E-state index in [1.54, 1.807) is 12.1 Å². The van der Waals surface area contributed by atoms with Crippen molar-refractivity contribution in [3.8, 4) is 5.75 Å². The van der Waals surface area contributed by atoms with Gasteiger partial charge in [0, 0.05) is 26.2 Å². The second-order valence-electron chi connectivity index (χ2n) is 8.77. The van der Waals surface area contributed by atoms with Gasteiger partial charge in [-0.1, -0.05) is 47.6 Å². The first-order valence-corrected chi connectivity index (χ1v) is 12.2. The standard InChI is InChI=1S/C29H31FN2O4/c30-26-10-6-24(7-11-26)20-36-32-28(18-22-4-2-1-3-5-22)25-8-12-27(13-9-25)35-21-29(33)31-19-23-14-16-34-17-15-23/h1-13,23H,14-21H2,(H,31,33). The van der Waals surface area contributed by atoms with Gasteiger partial charge in [-0.2, -0.15) is 0 Å². The fourth-order valence-corrected chi connectivity index (χ4v) is 3.89. The Kier molecular flexibility index (Phi) is 9.45. The van der Waals surface area contributed by atoms with Crippen molar-refractivity contribution in [2.24, 2.45) is 11.1 Å². The zero-order valence-electron chi connectivity index (χ0n) is 20.2. The highest BCUT2D eigenvalue weighted by molar-refractivity contribution is 6.01. The van der Waals surface area contributed by atoms with Gasteiger partial charge in [0.1, 0.15) is 18.2 Å². The molecule has 0 atom stereocenters. The van der Waals surface area contributed by atoms with Crippen LogP contribution in [0.25, 0.3) is 0 Å². The minimum Gasteiger partial charge on any atom is -0.484 e. The molecule has 1 saturated heterocycles. The number of nitrogens with one attached hydrogen (secondary N) is 1. The van der Waals surface area contributed by atoms with E-state index in [1.165, 1.54) is 12.1 Å². The van der Waals surface area contributed by atoms with Crippen LogP contribution in [0.4, 0.5) is 4.39 Å². The van der Waals surface area contributed by atoms with E-state index in [1.807, 2.05) is 54.6 Å². The lowest BCUT2D eigenvalue weighted by atomic mass is 10.0. The predicted molar refractivity (Wildman–Crippen MR) is 136 cm³/mol. The first kappa shape index (κ1) is 25.4. The predicted octanol–water partition coefficient (Wildman–Crippen LogP) is 4.91. The van der Waals surface area contributed by atoms with Gasteiger partial charge in [-0.25, -0.2) is 4.39 Å². The lowest BCUT2D eigenvalue weighted by molar-refractivity contribution is -0.123. The normalized spacial score (nSPS) is 14.3. The van der Waals surface area contributed by atoms with Crippen LogP contribution in [0.3, 0.4) is 0 Å². The highest BCUT2D eigenvalue weighted by Crippen LogP contribution is 2.16. The number of benzene rings is 3. The molecular weight excluding hydrogens is 459 g/mol. The van der Waals surface area contributed by atoms with Crippen LogP contribution in [0, 0.1) is 11.7 Å². The molecule has 36 heavy (non-hydrogen) atoms. The molecule has 3 aromatic carbocycles. The van der Waals surface area contributed by atoms with Crippen molar-refractivity contribution < 1.29 is 23.5 Å². The van der Waals surface area contributed by atoms with Crippen LogP contribution in [0.2, 0.25) is 0 Å². The largest absolute Gasteiger partial charge is 0.484 e. The van der Waals surface area contributed by atoms with Crippen molar-refractivity contribution in [1.29, 1.82) is 0 Å². The van der Waals surface area contributed by atoms with Crippen molar-refractivity contribution in [3.63, 3.8) is 0 Å². The Morgan fingerprint density at radius 1 is 0.944 bits per heavy atom. The van der Waals surface area contributed by atoms with Gasteiger partial charge in [-0.05, 0) is 71.8 Å². The molecule has 0 saturated carbocycles. The average molecular weight is 491 g/mol. The number of carbonyl (C=O) groups excluding carboxylic acids is 1. The molecule has 0 unspecified atom stereocenters. The summed E-state index contributed by atoms with van der Waals surface area (Å²) in [6, 6.07) is 23.6. The Labute approximate surface area is 211 Å². The van der Waals surface area contributed by atoms with E-state index in [2.05, 4.69) is 10.5 Å². The molecule has 0 aliphatic carbocycles. The first-order chi connectivity index (χ1) is 17.7. The molecule has 3 aromatic rings. The lowest BCUT2D eigenvalue weighted by Crippen LogP contribution is -2.35. The van der Waals surface area contributed by atoms with Crippen LogP contribution in [0.15, 0.2) is 84.0 Å². The Balaban J connectivity index is 1.34. The van der Waals surface area contributed by atoms with Gasteiger partial charge in [0.25, 0.3) is 5.91 Å². The number of amides is 1. The molecule has 1 aliphatic heterocycles. The maximum atomic E-state index is 13.1. The first-order valence-electron chi connectivity index (χ1n) is 12.2. The second-order valence-corrected chi connectivity index (χ2v) is 8.77. The molecule has 188 valence electrons. The molecule has 0 spiro atoms. The summed E-state index contributed by atoms with van der Waals surface area (Å²) in [6.45, 7) is 2.38. The number of carbonyl (C=O) groups is 1. The third-order valence-corrected chi connectivity index (χ3v) is 6.02. The van der Waals surface area contributed by atoms with E-state index in [-0.39, 0.29) is 24.9 Å². The van der Waals surface area contributed by atoms with Crippen LogP contribution in [-0.2, 0) is 27.4 Å². The number of nitrogens with zero attached hydrogens (tertiary/aromatic N) is 1. The quantitative estimate of drug-likeness (QED) is 0.306. The lowest BCUT2D eigenvalue weighted by Gasteiger charge is -2.22. The van der Waals surface area contributed by atoms with Gasteiger partial charge >= 0.3 is 0 Å². The van der Waals surface area contributed by atoms with Crippen molar-refractivity contribution in [2.75, 3.05) is 26.4 Å². The Morgan fingerprint density at radius 2 is 1.67 bits per heavy atom. The van der Waals surface area contributed by atoms with E-state index in [0.717, 1.165) is 48.5 Å². The minimum absolute atomic E-state index is 0.0334. The summed E-state index contributed by atoms with van der Waals surface area (Å²) in [5, 5.41) is 7.33. The summed E-state index contributed by atoms with van der Waals surface area (Å²) in [7, 11) is 0. The number of hydrogen-bond donors (Lipinski definition) is 1. The Morgan fingerprint density at radius 3 is 2.39 bits per heavy atom. The fraction of sp³-hybridized carbons (Fsp3) is 0.310. The smallest absolute Gasteiger partial charge is 0.257 e. The van der Waals surface area contributed by atoms with Gasteiger partial charge in [0.05, 0.1) is 5.71 Å². The Hall–Kier alpha value is -3.71. The molecule has 1 aliphatic rings. The monoisotopic (exact) mass is 490 g/mol. The molecule has 1 amide bonds. The van der Waals surface area contributed by atoms with Gasteiger partial charge in [-0.3, -0.25) is 4.79 Å². The fourth-order valence-electron chi connectivity index (χ4n) is 3.89. The van der Waals surface area contributed by atoms with E-state index in [0.29, 0.717) is 24.6 Å². The molecule has 0 aromatic heterocycles. The van der Waals surface area contributed by atoms with Crippen molar-refractivity contribution in [1.82, 2.24) is 5.32 Å². The molecule has 1 N–H and O–H groups in total. The van der Waals surface area contributed by atoms with Crippen LogP contribution in [0.5, 0.6) is 5.75 Å². The van der Waals surface area contributed by atoms with Crippen LogP contribution in [-0.4, -0.2) is 38.0 Å². The summed E-state index contributed by atoms with van der Waals surface area (Å²) < 4.78 is 24.2. The zero-order chi connectivity index (χ0) is 25.0. The topological polar surface area (TPSA) is 69.2 Å². The van der Waals surface area contributed by atoms with E-state index < -0.39 is 0 Å². The summed E-state index contributed by atoms with van der Waals surface area (Å²) in [4.78, 5) is 17.8. The summed E-state index contributed by atoms with van der Waals surface area (Å²) >= 11 is 0. The Bertz CT molecular complexity index is 1110. The molecular formula is C29H31FN2O4. The molecule has 6 nitrogen and oxygen atoms in total. The maximum absolute atomic E-state index is 13.1. The molecule has 0 radical (unpaired) electrons. The van der Waals surface area contributed by atoms with Crippen LogP contribution >= 0.6 is 0 Å². The van der Waals surface area contributed by atoms with Crippen LogP contribution < -0.4 is 10.1 Å². The number of hydrogen-bond acceptors (Lipinski definition) is 5. The number of rotatable bonds is 11. The third kappa shape index (κ3) is 8.20. The second kappa shape index (κ2) is 13.4. The van der Waals surface area contributed by atoms with E-state index in [4.69, 9.17) is 14.3 Å². The molecule has 1 heterocycles. The zero-order valence-corrected chi connectivity index (χ0v) is 20.2. The SMILES string of the molecule is O=C(COc1ccc(C(Cc2ccccc2)=NOCc2ccc(F)cc2)cc1)NCC1CCOCC1. The minimum atomic E-state index is -0.286. The van der Waals surface area contributed by atoms with E-state index in [9.17, 15) is 9.18 Å². The molecule has 1 fully saturated rings. The van der Waals surface area contributed by atoms with Crippen molar-refractivity contribution in [3.05, 3.63) is 101 Å². The average Bonchev–Trinajstić information content (AvgIpc) is 2.93. The number of ether oxygens (including phenoxy) is 2. The van der Waals surface area contributed by atoms with Gasteiger partial charge < -0.3 is 19.6 Å². The van der Waals surface area contributed by atoms with Gasteiger partial charge in [0.2, 0.25) is 0 Å². The molecule has 7 heteroatoms. The molecule has 0 bridgehead atoms. The highest BCUT2D eigenvalue weighted by Gasteiger charge is 2.15. The van der Waals surface area contributed by atoms with Crippen molar-refractivity contribution >= 4 is 11.6 Å². The summed E-state index contributed by atoms with van der Waals surface area (Å²) in [5.74, 6) is 0.651. The summed E-state index contributed by atoms with van der Waals surface area (Å²) in [6.07, 6.45) is 2.53. The van der Waals surface area contributed by atoms with Gasteiger partial charge in [0.15, 0.2) is 6.61 Å². The van der Waals surface area contributed by atoms with Crippen LogP contribution in [0.1, 0.15) is 29.5 Å².